The highest BCUT2D eigenvalue weighted by Crippen LogP contribution is 2.17. The van der Waals surface area contributed by atoms with Crippen molar-refractivity contribution in [2.45, 2.75) is 6.42 Å². The van der Waals surface area contributed by atoms with Gasteiger partial charge in [0.05, 0.1) is 6.61 Å². The van der Waals surface area contributed by atoms with Crippen LogP contribution in [0.15, 0.2) is 12.3 Å². The number of aromatic nitrogens is 2. The van der Waals surface area contributed by atoms with Crippen LogP contribution in [0.5, 0.6) is 0 Å². The summed E-state index contributed by atoms with van der Waals surface area (Å²) in [5.74, 6) is 2.34. The Morgan fingerprint density at radius 2 is 2.24 bits per heavy atom. The van der Waals surface area contributed by atoms with E-state index in [2.05, 4.69) is 21.9 Å². The normalized spacial score (nSPS) is 19.4. The zero-order valence-corrected chi connectivity index (χ0v) is 10.8. The molecule has 1 saturated heterocycles. The predicted molar refractivity (Wildman–Crippen MR) is 68.6 cm³/mol. The average molecular weight is 236 g/mol. The molecule has 1 atom stereocenters. The fraction of sp³-hybridized carbons (Fsp3) is 0.667. The third kappa shape index (κ3) is 3.06. The van der Waals surface area contributed by atoms with Crippen molar-refractivity contribution in [2.75, 3.05) is 50.7 Å². The Labute approximate surface area is 102 Å². The van der Waals surface area contributed by atoms with Crippen molar-refractivity contribution in [2.24, 2.45) is 5.92 Å². The van der Waals surface area contributed by atoms with Crippen LogP contribution in [0.25, 0.3) is 0 Å². The highest BCUT2D eigenvalue weighted by Gasteiger charge is 2.18. The summed E-state index contributed by atoms with van der Waals surface area (Å²) in [6, 6.07) is 1.95. The lowest BCUT2D eigenvalue weighted by atomic mass is 10.1. The van der Waals surface area contributed by atoms with Crippen molar-refractivity contribution < 1.29 is 4.74 Å². The van der Waals surface area contributed by atoms with E-state index in [-0.39, 0.29) is 0 Å². The third-order valence-corrected chi connectivity index (χ3v) is 2.98. The molecule has 0 saturated carbocycles. The predicted octanol–water partition coefficient (Wildman–Crippen LogP) is 1.02. The SMILES string of the molecule is CN(C)c1nccc(N(C)C[C@@H]2CCOC2)n1. The summed E-state index contributed by atoms with van der Waals surface area (Å²) < 4.78 is 5.39. The summed E-state index contributed by atoms with van der Waals surface area (Å²) in [5, 5.41) is 0. The van der Waals surface area contributed by atoms with E-state index < -0.39 is 0 Å². The van der Waals surface area contributed by atoms with Gasteiger partial charge in [-0.05, 0) is 12.5 Å². The smallest absolute Gasteiger partial charge is 0.226 e. The van der Waals surface area contributed by atoms with Gasteiger partial charge in [-0.1, -0.05) is 0 Å². The summed E-state index contributed by atoms with van der Waals surface area (Å²) in [6.07, 6.45) is 2.95. The number of hydrogen-bond acceptors (Lipinski definition) is 5. The minimum absolute atomic E-state index is 0.623. The van der Waals surface area contributed by atoms with Crippen molar-refractivity contribution in [3.05, 3.63) is 12.3 Å². The van der Waals surface area contributed by atoms with E-state index in [0.717, 1.165) is 37.9 Å². The van der Waals surface area contributed by atoms with Gasteiger partial charge < -0.3 is 14.5 Å². The van der Waals surface area contributed by atoms with Crippen LogP contribution >= 0.6 is 0 Å². The van der Waals surface area contributed by atoms with Gasteiger partial charge >= 0.3 is 0 Å². The van der Waals surface area contributed by atoms with Gasteiger partial charge in [-0.3, -0.25) is 0 Å². The molecule has 2 heterocycles. The van der Waals surface area contributed by atoms with E-state index in [1.807, 2.05) is 25.1 Å². The number of ether oxygens (including phenoxy) is 1. The number of nitrogens with zero attached hydrogens (tertiary/aromatic N) is 4. The molecule has 1 aliphatic rings. The van der Waals surface area contributed by atoms with Gasteiger partial charge in [-0.15, -0.1) is 0 Å². The lowest BCUT2D eigenvalue weighted by molar-refractivity contribution is 0.186. The van der Waals surface area contributed by atoms with Gasteiger partial charge in [0, 0.05) is 46.4 Å². The first-order valence-electron chi connectivity index (χ1n) is 5.96. The molecule has 0 aliphatic carbocycles. The topological polar surface area (TPSA) is 41.5 Å². The van der Waals surface area contributed by atoms with Gasteiger partial charge in [0.1, 0.15) is 5.82 Å². The van der Waals surface area contributed by atoms with Crippen molar-refractivity contribution in [1.29, 1.82) is 0 Å². The first-order valence-corrected chi connectivity index (χ1v) is 5.96. The standard InChI is InChI=1S/C12H20N4O/c1-15(2)12-13-6-4-11(14-12)16(3)8-10-5-7-17-9-10/h4,6,10H,5,7-9H2,1-3H3/t10-/m0/s1. The van der Waals surface area contributed by atoms with Crippen LogP contribution in [0.4, 0.5) is 11.8 Å². The molecule has 17 heavy (non-hydrogen) atoms. The Balaban J connectivity index is 2.02. The summed E-state index contributed by atoms with van der Waals surface area (Å²) in [5.41, 5.74) is 0. The lowest BCUT2D eigenvalue weighted by Crippen LogP contribution is -2.27. The molecule has 1 aliphatic heterocycles. The number of anilines is 2. The minimum atomic E-state index is 0.623. The minimum Gasteiger partial charge on any atom is -0.381 e. The monoisotopic (exact) mass is 236 g/mol. The maximum Gasteiger partial charge on any atom is 0.226 e. The Morgan fingerprint density at radius 3 is 2.88 bits per heavy atom. The number of rotatable bonds is 4. The third-order valence-electron chi connectivity index (χ3n) is 2.98. The molecular weight excluding hydrogens is 216 g/mol. The van der Waals surface area contributed by atoms with E-state index in [4.69, 9.17) is 4.74 Å². The van der Waals surface area contributed by atoms with Crippen LogP contribution in [-0.4, -0.2) is 50.9 Å². The highest BCUT2D eigenvalue weighted by molar-refractivity contribution is 5.42. The van der Waals surface area contributed by atoms with E-state index >= 15 is 0 Å². The van der Waals surface area contributed by atoms with Crippen molar-refractivity contribution in [3.8, 4) is 0 Å². The van der Waals surface area contributed by atoms with Crippen LogP contribution in [0, 0.1) is 5.92 Å². The zero-order valence-electron chi connectivity index (χ0n) is 10.8. The van der Waals surface area contributed by atoms with Gasteiger partial charge in [0.2, 0.25) is 5.95 Å². The van der Waals surface area contributed by atoms with Gasteiger partial charge in [-0.25, -0.2) is 4.98 Å². The molecule has 0 amide bonds. The molecule has 1 aromatic heterocycles. The second-order valence-electron chi connectivity index (χ2n) is 4.72. The number of hydrogen-bond donors (Lipinski definition) is 0. The highest BCUT2D eigenvalue weighted by atomic mass is 16.5. The molecule has 0 radical (unpaired) electrons. The molecule has 5 nitrogen and oxygen atoms in total. The molecular formula is C12H20N4O. The molecule has 0 spiro atoms. The molecule has 94 valence electrons. The molecule has 0 N–H and O–H groups in total. The second kappa shape index (κ2) is 5.31. The van der Waals surface area contributed by atoms with Crippen molar-refractivity contribution in [3.63, 3.8) is 0 Å². The second-order valence-corrected chi connectivity index (χ2v) is 4.72. The molecule has 0 aromatic carbocycles. The van der Waals surface area contributed by atoms with Gasteiger partial charge in [0.15, 0.2) is 0 Å². The van der Waals surface area contributed by atoms with Crippen LogP contribution < -0.4 is 9.80 Å². The largest absolute Gasteiger partial charge is 0.381 e. The fourth-order valence-electron chi connectivity index (χ4n) is 1.98. The van der Waals surface area contributed by atoms with Crippen LogP contribution in [0.3, 0.4) is 0 Å². The first-order chi connectivity index (χ1) is 8.16. The Bertz CT molecular complexity index is 363. The average Bonchev–Trinajstić information content (AvgIpc) is 2.82. The molecule has 1 aromatic rings. The molecule has 2 rings (SSSR count). The Hall–Kier alpha value is -1.36. The quantitative estimate of drug-likeness (QED) is 0.780. The maximum absolute atomic E-state index is 5.39. The van der Waals surface area contributed by atoms with E-state index in [0.29, 0.717) is 5.92 Å². The van der Waals surface area contributed by atoms with Crippen molar-refractivity contribution in [1.82, 2.24) is 9.97 Å². The van der Waals surface area contributed by atoms with Gasteiger partial charge in [0.25, 0.3) is 0 Å². The molecule has 0 bridgehead atoms. The van der Waals surface area contributed by atoms with E-state index in [1.54, 1.807) is 6.20 Å². The molecule has 1 fully saturated rings. The van der Waals surface area contributed by atoms with Crippen LogP contribution in [0.2, 0.25) is 0 Å². The van der Waals surface area contributed by atoms with Crippen molar-refractivity contribution >= 4 is 11.8 Å². The summed E-state index contributed by atoms with van der Waals surface area (Å²) in [4.78, 5) is 12.8. The maximum atomic E-state index is 5.39. The van der Waals surface area contributed by atoms with Gasteiger partial charge in [-0.2, -0.15) is 4.98 Å². The zero-order chi connectivity index (χ0) is 12.3. The fourth-order valence-corrected chi connectivity index (χ4v) is 1.98. The molecule has 5 heteroatoms. The summed E-state index contributed by atoms with van der Waals surface area (Å²) in [7, 11) is 5.97. The van der Waals surface area contributed by atoms with Crippen LogP contribution in [0.1, 0.15) is 6.42 Å². The van der Waals surface area contributed by atoms with E-state index in [9.17, 15) is 0 Å². The Morgan fingerprint density at radius 1 is 1.41 bits per heavy atom. The van der Waals surface area contributed by atoms with Crippen LogP contribution in [-0.2, 0) is 4.74 Å². The Kier molecular flexibility index (Phi) is 3.78. The summed E-state index contributed by atoms with van der Waals surface area (Å²) in [6.45, 7) is 2.76. The first kappa shape index (κ1) is 12.1. The lowest BCUT2D eigenvalue weighted by Gasteiger charge is -2.22. The molecule has 0 unspecified atom stereocenters. The van der Waals surface area contributed by atoms with E-state index in [1.165, 1.54) is 0 Å². The summed E-state index contributed by atoms with van der Waals surface area (Å²) >= 11 is 0.